The van der Waals surface area contributed by atoms with Crippen molar-refractivity contribution in [3.63, 3.8) is 0 Å². The lowest BCUT2D eigenvalue weighted by molar-refractivity contribution is -0.119. The highest BCUT2D eigenvalue weighted by Crippen LogP contribution is 2.15. The van der Waals surface area contributed by atoms with Crippen LogP contribution in [0.4, 0.5) is 0 Å². The summed E-state index contributed by atoms with van der Waals surface area (Å²) in [5.74, 6) is 0.866. The van der Waals surface area contributed by atoms with Crippen molar-refractivity contribution in [1.29, 1.82) is 0 Å². The second-order valence-electron chi connectivity index (χ2n) is 5.64. The molecule has 0 bridgehead atoms. The Hall–Kier alpha value is -1.19. The molecule has 1 aromatic carbocycles. The molecule has 0 aromatic heterocycles. The Balaban J connectivity index is 1.84. The number of ketones is 1. The normalized spacial score (nSPS) is 16.8. The van der Waals surface area contributed by atoms with Crippen molar-refractivity contribution in [3.05, 3.63) is 35.4 Å². The van der Waals surface area contributed by atoms with E-state index in [0.29, 0.717) is 24.7 Å². The fraction of sp³-hybridized carbons (Fsp3) is 0.562. The zero-order valence-corrected chi connectivity index (χ0v) is 12.0. The van der Waals surface area contributed by atoms with Crippen molar-refractivity contribution >= 4 is 5.78 Å². The highest BCUT2D eigenvalue weighted by molar-refractivity contribution is 5.82. The molecule has 0 saturated carbocycles. The lowest BCUT2D eigenvalue weighted by Gasteiger charge is -2.26. The summed E-state index contributed by atoms with van der Waals surface area (Å²) in [6, 6.07) is 8.45. The third-order valence-electron chi connectivity index (χ3n) is 3.66. The Bertz CT molecular complexity index is 405. The molecule has 1 saturated heterocycles. The van der Waals surface area contributed by atoms with Crippen molar-refractivity contribution in [3.8, 4) is 0 Å². The second-order valence-corrected chi connectivity index (χ2v) is 5.64. The van der Waals surface area contributed by atoms with Gasteiger partial charge in [0, 0.05) is 32.6 Å². The van der Waals surface area contributed by atoms with Gasteiger partial charge in [-0.15, -0.1) is 0 Å². The van der Waals surface area contributed by atoms with E-state index in [0.717, 1.165) is 31.7 Å². The van der Waals surface area contributed by atoms with E-state index in [-0.39, 0.29) is 0 Å². The number of nitrogens with one attached hydrogen (secondary N) is 1. The summed E-state index contributed by atoms with van der Waals surface area (Å²) in [4.78, 5) is 14.3. The van der Waals surface area contributed by atoms with Gasteiger partial charge in [0.25, 0.3) is 0 Å². The Morgan fingerprint density at radius 3 is 2.42 bits per heavy atom. The molecule has 19 heavy (non-hydrogen) atoms. The quantitative estimate of drug-likeness (QED) is 0.876. The molecule has 1 N–H and O–H groups in total. The number of piperazine rings is 1. The minimum atomic E-state index is 0.319. The average molecular weight is 260 g/mol. The first kappa shape index (κ1) is 14.2. The van der Waals surface area contributed by atoms with E-state index in [1.165, 1.54) is 5.56 Å². The maximum absolute atomic E-state index is 12.0. The van der Waals surface area contributed by atoms with E-state index in [2.05, 4.69) is 48.3 Å². The molecule has 0 radical (unpaired) electrons. The van der Waals surface area contributed by atoms with Crippen molar-refractivity contribution in [1.82, 2.24) is 10.2 Å². The fourth-order valence-corrected chi connectivity index (χ4v) is 2.42. The fourth-order valence-electron chi connectivity index (χ4n) is 2.42. The van der Waals surface area contributed by atoms with Crippen molar-refractivity contribution < 1.29 is 4.79 Å². The highest BCUT2D eigenvalue weighted by atomic mass is 16.1. The summed E-state index contributed by atoms with van der Waals surface area (Å²) in [6.45, 7) is 8.92. The molecule has 104 valence electrons. The number of hydrogen-bond donors (Lipinski definition) is 1. The van der Waals surface area contributed by atoms with Crippen LogP contribution in [-0.4, -0.2) is 43.4 Å². The standard InChI is InChI=1S/C16H24N2O/c1-13(2)15-5-3-14(4-6-15)11-16(19)12-18-9-7-17-8-10-18/h3-6,13,17H,7-12H2,1-2H3. The lowest BCUT2D eigenvalue weighted by atomic mass is 10.00. The minimum Gasteiger partial charge on any atom is -0.314 e. The smallest absolute Gasteiger partial charge is 0.151 e. The van der Waals surface area contributed by atoms with E-state index in [1.54, 1.807) is 0 Å². The summed E-state index contributed by atoms with van der Waals surface area (Å²) < 4.78 is 0. The number of hydrogen-bond acceptors (Lipinski definition) is 3. The molecule has 1 aliphatic rings. The number of carbonyl (C=O) groups is 1. The Morgan fingerprint density at radius 1 is 1.21 bits per heavy atom. The summed E-state index contributed by atoms with van der Waals surface area (Å²) in [5.41, 5.74) is 2.46. The lowest BCUT2D eigenvalue weighted by Crippen LogP contribution is -2.45. The molecular formula is C16H24N2O. The molecule has 1 aromatic rings. The largest absolute Gasteiger partial charge is 0.314 e. The summed E-state index contributed by atoms with van der Waals surface area (Å²) in [6.07, 6.45) is 0.558. The Labute approximate surface area is 116 Å². The van der Waals surface area contributed by atoms with Gasteiger partial charge in [-0.1, -0.05) is 38.1 Å². The van der Waals surface area contributed by atoms with Crippen LogP contribution in [0.15, 0.2) is 24.3 Å². The third-order valence-corrected chi connectivity index (χ3v) is 3.66. The van der Waals surface area contributed by atoms with Crippen LogP contribution in [0, 0.1) is 0 Å². The van der Waals surface area contributed by atoms with Crippen LogP contribution in [-0.2, 0) is 11.2 Å². The van der Waals surface area contributed by atoms with Gasteiger partial charge in [-0.3, -0.25) is 9.69 Å². The van der Waals surface area contributed by atoms with Gasteiger partial charge >= 0.3 is 0 Å². The molecule has 2 rings (SSSR count). The van der Waals surface area contributed by atoms with E-state index in [9.17, 15) is 4.79 Å². The van der Waals surface area contributed by atoms with Crippen molar-refractivity contribution in [2.24, 2.45) is 0 Å². The maximum atomic E-state index is 12.0. The number of rotatable bonds is 5. The predicted octanol–water partition coefficient (Wildman–Crippen LogP) is 1.83. The van der Waals surface area contributed by atoms with Gasteiger partial charge < -0.3 is 5.32 Å². The molecule has 0 aliphatic carbocycles. The van der Waals surface area contributed by atoms with Gasteiger partial charge in [0.15, 0.2) is 5.78 Å². The van der Waals surface area contributed by atoms with Crippen LogP contribution in [0.2, 0.25) is 0 Å². The average Bonchev–Trinajstić information content (AvgIpc) is 2.40. The Kier molecular flexibility index (Phi) is 5.11. The van der Waals surface area contributed by atoms with E-state index < -0.39 is 0 Å². The van der Waals surface area contributed by atoms with Crippen LogP contribution in [0.1, 0.15) is 30.9 Å². The van der Waals surface area contributed by atoms with Crippen LogP contribution >= 0.6 is 0 Å². The molecule has 1 fully saturated rings. The topological polar surface area (TPSA) is 32.3 Å². The molecule has 0 amide bonds. The van der Waals surface area contributed by atoms with E-state index >= 15 is 0 Å². The highest BCUT2D eigenvalue weighted by Gasteiger charge is 2.13. The number of Topliss-reactive ketones (excluding diaryl/α,β-unsaturated/α-hetero) is 1. The van der Waals surface area contributed by atoms with Gasteiger partial charge in [0.2, 0.25) is 0 Å². The molecule has 0 spiro atoms. The van der Waals surface area contributed by atoms with Crippen LogP contribution < -0.4 is 5.32 Å². The zero-order valence-electron chi connectivity index (χ0n) is 12.0. The van der Waals surface area contributed by atoms with Gasteiger partial charge in [0.1, 0.15) is 0 Å². The Morgan fingerprint density at radius 2 is 1.84 bits per heavy atom. The molecule has 0 unspecified atom stereocenters. The molecule has 3 nitrogen and oxygen atoms in total. The summed E-state index contributed by atoms with van der Waals surface area (Å²) in [7, 11) is 0. The van der Waals surface area contributed by atoms with Crippen LogP contribution in [0.25, 0.3) is 0 Å². The van der Waals surface area contributed by atoms with Crippen LogP contribution in [0.3, 0.4) is 0 Å². The van der Waals surface area contributed by atoms with Gasteiger partial charge in [-0.2, -0.15) is 0 Å². The maximum Gasteiger partial charge on any atom is 0.151 e. The van der Waals surface area contributed by atoms with Gasteiger partial charge in [-0.05, 0) is 17.0 Å². The molecule has 1 heterocycles. The number of carbonyl (C=O) groups excluding carboxylic acids is 1. The predicted molar refractivity (Wildman–Crippen MR) is 78.6 cm³/mol. The van der Waals surface area contributed by atoms with Crippen LogP contribution in [0.5, 0.6) is 0 Å². The molecular weight excluding hydrogens is 236 g/mol. The van der Waals surface area contributed by atoms with E-state index in [4.69, 9.17) is 0 Å². The monoisotopic (exact) mass is 260 g/mol. The SMILES string of the molecule is CC(C)c1ccc(CC(=O)CN2CCNCC2)cc1. The molecule has 3 heteroatoms. The number of benzene rings is 1. The second kappa shape index (κ2) is 6.83. The molecule has 0 atom stereocenters. The van der Waals surface area contributed by atoms with Gasteiger partial charge in [-0.25, -0.2) is 0 Å². The minimum absolute atomic E-state index is 0.319. The zero-order chi connectivity index (χ0) is 13.7. The summed E-state index contributed by atoms with van der Waals surface area (Å²) in [5, 5.41) is 3.30. The first-order valence-electron chi connectivity index (χ1n) is 7.19. The third kappa shape index (κ3) is 4.44. The first-order chi connectivity index (χ1) is 9.15. The van der Waals surface area contributed by atoms with Gasteiger partial charge in [0.05, 0.1) is 6.54 Å². The number of nitrogens with zero attached hydrogens (tertiary/aromatic N) is 1. The van der Waals surface area contributed by atoms with Crippen molar-refractivity contribution in [2.75, 3.05) is 32.7 Å². The summed E-state index contributed by atoms with van der Waals surface area (Å²) >= 11 is 0. The molecule has 1 aliphatic heterocycles. The van der Waals surface area contributed by atoms with E-state index in [1.807, 2.05) is 0 Å². The first-order valence-corrected chi connectivity index (χ1v) is 7.19. The van der Waals surface area contributed by atoms with Crippen molar-refractivity contribution in [2.45, 2.75) is 26.2 Å².